The van der Waals surface area contributed by atoms with E-state index in [1.54, 1.807) is 30.3 Å². The number of Topliss-reactive ketones (excluding diaryl/α,β-unsaturated/α-hetero) is 1. The van der Waals surface area contributed by atoms with Gasteiger partial charge in [-0.15, -0.1) is 0 Å². The van der Waals surface area contributed by atoms with Crippen molar-refractivity contribution in [3.8, 4) is 11.3 Å². The predicted octanol–water partition coefficient (Wildman–Crippen LogP) is 4.10. The van der Waals surface area contributed by atoms with E-state index in [0.717, 1.165) is 5.56 Å². The third-order valence-electron chi connectivity index (χ3n) is 4.29. The molecule has 0 saturated carbocycles. The zero-order valence-electron chi connectivity index (χ0n) is 16.8. The van der Waals surface area contributed by atoms with E-state index in [9.17, 15) is 14.4 Å². The summed E-state index contributed by atoms with van der Waals surface area (Å²) in [5.41, 5.74) is 2.65. The molecule has 0 spiro atoms. The molecule has 2 aromatic carbocycles. The fraction of sp³-hybridized carbons (Fsp3) is 0.217. The molecule has 1 heterocycles. The van der Waals surface area contributed by atoms with Crippen LogP contribution in [0.3, 0.4) is 0 Å². The summed E-state index contributed by atoms with van der Waals surface area (Å²) in [5, 5.41) is 9.51. The maximum absolute atomic E-state index is 12.3. The number of anilines is 1. The molecule has 1 amide bonds. The number of aromatic amines is 1. The third kappa shape index (κ3) is 5.64. The van der Waals surface area contributed by atoms with Crippen molar-refractivity contribution in [2.45, 2.75) is 20.3 Å². The first-order valence-corrected chi connectivity index (χ1v) is 9.63. The van der Waals surface area contributed by atoms with Crippen molar-refractivity contribution >= 4 is 23.3 Å². The number of esters is 1. The lowest BCUT2D eigenvalue weighted by Crippen LogP contribution is -2.15. The van der Waals surface area contributed by atoms with Crippen molar-refractivity contribution in [3.63, 3.8) is 0 Å². The Morgan fingerprint density at radius 3 is 2.40 bits per heavy atom. The van der Waals surface area contributed by atoms with Crippen molar-refractivity contribution in [2.75, 3.05) is 11.9 Å². The fourth-order valence-corrected chi connectivity index (χ4v) is 2.80. The molecule has 30 heavy (non-hydrogen) atoms. The first-order chi connectivity index (χ1) is 14.4. The quantitative estimate of drug-likeness (QED) is 0.434. The lowest BCUT2D eigenvalue weighted by Gasteiger charge is -2.08. The molecule has 3 rings (SSSR count). The molecular weight excluding hydrogens is 382 g/mol. The molecule has 0 saturated heterocycles. The van der Waals surface area contributed by atoms with E-state index in [1.165, 1.54) is 0 Å². The molecule has 3 aromatic rings. The molecule has 0 aliphatic carbocycles. The van der Waals surface area contributed by atoms with Gasteiger partial charge >= 0.3 is 5.97 Å². The Labute approximate surface area is 174 Å². The summed E-state index contributed by atoms with van der Waals surface area (Å²) in [4.78, 5) is 36.3. The highest BCUT2D eigenvalue weighted by molar-refractivity contribution is 6.00. The van der Waals surface area contributed by atoms with Gasteiger partial charge < -0.3 is 10.1 Å². The number of amides is 1. The number of ether oxygens (including phenoxy) is 1. The minimum atomic E-state index is -0.657. The largest absolute Gasteiger partial charge is 0.453 e. The lowest BCUT2D eigenvalue weighted by molar-refractivity contribution is -0.116. The van der Waals surface area contributed by atoms with Gasteiger partial charge in [-0.1, -0.05) is 44.2 Å². The van der Waals surface area contributed by atoms with Gasteiger partial charge in [-0.3, -0.25) is 14.7 Å². The van der Waals surface area contributed by atoms with Gasteiger partial charge in [-0.2, -0.15) is 5.10 Å². The standard InChI is InChI=1S/C23H23N3O4/c1-15(2)12-22(28)24-18-10-8-17(9-11-18)21(27)14-30-23(29)20-13-19(25-26-20)16-6-4-3-5-7-16/h3-11,13,15H,12,14H2,1-2H3,(H,24,28)(H,25,26). The number of carbonyl (C=O) groups excluding carboxylic acids is 3. The summed E-state index contributed by atoms with van der Waals surface area (Å²) in [5.74, 6) is -0.812. The van der Waals surface area contributed by atoms with Crippen LogP contribution in [0.25, 0.3) is 11.3 Å². The van der Waals surface area contributed by atoms with Crippen LogP contribution in [0.2, 0.25) is 0 Å². The second kappa shape index (κ2) is 9.65. The van der Waals surface area contributed by atoms with Crippen molar-refractivity contribution in [1.29, 1.82) is 0 Å². The molecule has 7 nitrogen and oxygen atoms in total. The van der Waals surface area contributed by atoms with Gasteiger partial charge in [0.2, 0.25) is 5.91 Å². The average Bonchev–Trinajstić information content (AvgIpc) is 3.23. The number of nitrogens with one attached hydrogen (secondary N) is 2. The first-order valence-electron chi connectivity index (χ1n) is 9.63. The second-order valence-electron chi connectivity index (χ2n) is 7.26. The monoisotopic (exact) mass is 405 g/mol. The van der Waals surface area contributed by atoms with Gasteiger partial charge in [-0.05, 0) is 36.2 Å². The number of benzene rings is 2. The van der Waals surface area contributed by atoms with E-state index >= 15 is 0 Å². The molecule has 0 aliphatic heterocycles. The summed E-state index contributed by atoms with van der Waals surface area (Å²) in [6.45, 7) is 3.54. The van der Waals surface area contributed by atoms with Gasteiger partial charge in [0.05, 0.1) is 5.69 Å². The minimum Gasteiger partial charge on any atom is -0.453 e. The van der Waals surface area contributed by atoms with Gasteiger partial charge in [0.15, 0.2) is 12.4 Å². The maximum Gasteiger partial charge on any atom is 0.356 e. The molecule has 154 valence electrons. The second-order valence-corrected chi connectivity index (χ2v) is 7.26. The number of ketones is 1. The predicted molar refractivity (Wildman–Crippen MR) is 113 cm³/mol. The molecule has 0 atom stereocenters. The van der Waals surface area contributed by atoms with E-state index in [-0.39, 0.29) is 23.3 Å². The van der Waals surface area contributed by atoms with Crippen LogP contribution >= 0.6 is 0 Å². The van der Waals surface area contributed by atoms with Crippen molar-refractivity contribution < 1.29 is 19.1 Å². The lowest BCUT2D eigenvalue weighted by atomic mass is 10.1. The number of hydrogen-bond acceptors (Lipinski definition) is 5. The summed E-state index contributed by atoms with van der Waals surface area (Å²) < 4.78 is 5.10. The molecular formula is C23H23N3O4. The van der Waals surface area contributed by atoms with E-state index in [2.05, 4.69) is 15.5 Å². The summed E-state index contributed by atoms with van der Waals surface area (Å²) in [6.07, 6.45) is 0.427. The molecule has 2 N–H and O–H groups in total. The SMILES string of the molecule is CC(C)CC(=O)Nc1ccc(C(=O)COC(=O)c2cc(-c3ccccc3)n[nH]2)cc1. The van der Waals surface area contributed by atoms with Crippen LogP contribution in [0.5, 0.6) is 0 Å². The van der Waals surface area contributed by atoms with Crippen LogP contribution in [0.4, 0.5) is 5.69 Å². The highest BCUT2D eigenvalue weighted by Crippen LogP contribution is 2.17. The van der Waals surface area contributed by atoms with Gasteiger partial charge in [0, 0.05) is 23.2 Å². The highest BCUT2D eigenvalue weighted by atomic mass is 16.5. The smallest absolute Gasteiger partial charge is 0.356 e. The van der Waals surface area contributed by atoms with Crippen molar-refractivity contribution in [1.82, 2.24) is 10.2 Å². The topological polar surface area (TPSA) is 101 Å². The number of aromatic nitrogens is 2. The van der Waals surface area contributed by atoms with Crippen LogP contribution in [0.15, 0.2) is 60.7 Å². The van der Waals surface area contributed by atoms with Crippen molar-refractivity contribution in [2.24, 2.45) is 5.92 Å². The Morgan fingerprint density at radius 1 is 1.03 bits per heavy atom. The van der Waals surface area contributed by atoms with E-state index in [1.807, 2.05) is 44.2 Å². The van der Waals surface area contributed by atoms with Gasteiger partial charge in [0.1, 0.15) is 5.69 Å². The Hall–Kier alpha value is -3.74. The van der Waals surface area contributed by atoms with Crippen LogP contribution < -0.4 is 5.32 Å². The summed E-state index contributed by atoms with van der Waals surface area (Å²) in [6, 6.07) is 17.5. The van der Waals surface area contributed by atoms with Crippen LogP contribution in [-0.4, -0.2) is 34.5 Å². The molecule has 0 bridgehead atoms. The fourth-order valence-electron chi connectivity index (χ4n) is 2.80. The molecule has 0 unspecified atom stereocenters. The van der Waals surface area contributed by atoms with Crippen LogP contribution in [-0.2, 0) is 9.53 Å². The van der Waals surface area contributed by atoms with Gasteiger partial charge in [-0.25, -0.2) is 4.79 Å². The Balaban J connectivity index is 1.53. The van der Waals surface area contributed by atoms with E-state index in [0.29, 0.717) is 23.4 Å². The number of carbonyl (C=O) groups is 3. The minimum absolute atomic E-state index is 0.0764. The molecule has 7 heteroatoms. The van der Waals surface area contributed by atoms with Crippen molar-refractivity contribution in [3.05, 3.63) is 71.9 Å². The molecule has 0 fully saturated rings. The highest BCUT2D eigenvalue weighted by Gasteiger charge is 2.15. The van der Waals surface area contributed by atoms with E-state index in [4.69, 9.17) is 4.74 Å². The van der Waals surface area contributed by atoms with E-state index < -0.39 is 12.6 Å². The number of H-pyrrole nitrogens is 1. The van der Waals surface area contributed by atoms with Crippen LogP contribution in [0.1, 0.15) is 41.1 Å². The van der Waals surface area contributed by atoms with Gasteiger partial charge in [0.25, 0.3) is 0 Å². The van der Waals surface area contributed by atoms with Crippen LogP contribution in [0, 0.1) is 5.92 Å². The Kier molecular flexibility index (Phi) is 6.75. The zero-order valence-corrected chi connectivity index (χ0v) is 16.8. The normalized spacial score (nSPS) is 10.6. The number of rotatable bonds is 8. The third-order valence-corrected chi connectivity index (χ3v) is 4.29. The average molecular weight is 405 g/mol. The number of hydrogen-bond donors (Lipinski definition) is 2. The molecule has 1 aromatic heterocycles. The zero-order chi connectivity index (χ0) is 21.5. The number of nitrogens with zero attached hydrogens (tertiary/aromatic N) is 1. The first kappa shape index (κ1) is 21.0. The Bertz CT molecular complexity index is 1020. The summed E-state index contributed by atoms with van der Waals surface area (Å²) in [7, 11) is 0. The Morgan fingerprint density at radius 2 is 1.73 bits per heavy atom. The summed E-state index contributed by atoms with van der Waals surface area (Å²) >= 11 is 0. The maximum atomic E-state index is 12.3. The molecule has 0 radical (unpaired) electrons. The molecule has 0 aliphatic rings.